The third-order valence-corrected chi connectivity index (χ3v) is 6.17. The Bertz CT molecular complexity index is 1220. The van der Waals surface area contributed by atoms with E-state index in [0.29, 0.717) is 24.6 Å². The number of hydrogen-bond donors (Lipinski definition) is 1. The SMILES string of the molecule is CCOC(=O)N1CCN(C(=O)C(CCC(=O)OC(C)(C)C)NC(=O)c2cc(C)nc(-c3ccc(C)cc3)n2)CC1. The van der Waals surface area contributed by atoms with Crippen LogP contribution in [0.25, 0.3) is 11.4 Å². The van der Waals surface area contributed by atoms with Gasteiger partial charge in [-0.2, -0.15) is 0 Å². The van der Waals surface area contributed by atoms with Crippen molar-refractivity contribution in [3.63, 3.8) is 0 Å². The fraction of sp³-hybridized carbons (Fsp3) is 0.517. The Balaban J connectivity index is 1.77. The summed E-state index contributed by atoms with van der Waals surface area (Å²) in [4.78, 5) is 63.4. The molecule has 2 aromatic rings. The lowest BCUT2D eigenvalue weighted by atomic mass is 10.1. The zero-order valence-electron chi connectivity index (χ0n) is 24.2. The minimum atomic E-state index is -0.993. The second kappa shape index (κ2) is 13.4. The van der Waals surface area contributed by atoms with E-state index >= 15 is 0 Å². The van der Waals surface area contributed by atoms with Crippen LogP contribution in [0, 0.1) is 13.8 Å². The number of carbonyl (C=O) groups is 4. The average Bonchev–Trinajstić information content (AvgIpc) is 2.89. The molecule has 1 atom stereocenters. The van der Waals surface area contributed by atoms with Crippen LogP contribution in [0.2, 0.25) is 0 Å². The summed E-state index contributed by atoms with van der Waals surface area (Å²) in [5.74, 6) is -0.959. The van der Waals surface area contributed by atoms with Gasteiger partial charge in [-0.1, -0.05) is 29.8 Å². The van der Waals surface area contributed by atoms with Gasteiger partial charge in [-0.3, -0.25) is 14.4 Å². The number of carbonyl (C=O) groups excluding carboxylic acids is 4. The molecule has 11 heteroatoms. The van der Waals surface area contributed by atoms with E-state index < -0.39 is 29.6 Å². The number of amides is 3. The third kappa shape index (κ3) is 8.75. The van der Waals surface area contributed by atoms with E-state index in [4.69, 9.17) is 9.47 Å². The van der Waals surface area contributed by atoms with Crippen molar-refractivity contribution in [2.75, 3.05) is 32.8 Å². The van der Waals surface area contributed by atoms with Crippen LogP contribution < -0.4 is 5.32 Å². The molecule has 1 saturated heterocycles. The molecule has 2 heterocycles. The number of aryl methyl sites for hydroxylation is 2. The molecule has 0 radical (unpaired) electrons. The maximum absolute atomic E-state index is 13.5. The molecule has 1 aromatic carbocycles. The molecule has 1 N–H and O–H groups in total. The van der Waals surface area contributed by atoms with Gasteiger partial charge in [0.2, 0.25) is 5.91 Å². The third-order valence-electron chi connectivity index (χ3n) is 6.17. The Morgan fingerprint density at radius 3 is 2.20 bits per heavy atom. The summed E-state index contributed by atoms with van der Waals surface area (Å²) in [5, 5.41) is 2.78. The van der Waals surface area contributed by atoms with Crippen molar-refractivity contribution in [2.24, 2.45) is 0 Å². The highest BCUT2D eigenvalue weighted by atomic mass is 16.6. The number of benzene rings is 1. The molecular formula is C29H39N5O6. The molecule has 1 unspecified atom stereocenters. The molecule has 0 aliphatic carbocycles. The quantitative estimate of drug-likeness (QED) is 0.493. The van der Waals surface area contributed by atoms with Crippen LogP contribution >= 0.6 is 0 Å². The lowest BCUT2D eigenvalue weighted by Crippen LogP contribution is -2.56. The van der Waals surface area contributed by atoms with Crippen LogP contribution in [0.15, 0.2) is 30.3 Å². The molecule has 0 bridgehead atoms. The Labute approximate surface area is 235 Å². The van der Waals surface area contributed by atoms with Gasteiger partial charge >= 0.3 is 12.1 Å². The number of rotatable bonds is 8. The Morgan fingerprint density at radius 1 is 0.975 bits per heavy atom. The minimum absolute atomic E-state index is 0.0481. The number of nitrogens with one attached hydrogen (secondary N) is 1. The van der Waals surface area contributed by atoms with E-state index in [1.165, 1.54) is 4.90 Å². The number of aromatic nitrogens is 2. The molecule has 0 saturated carbocycles. The Morgan fingerprint density at radius 2 is 1.60 bits per heavy atom. The standard InChI is InChI=1S/C29H39N5O6/c1-7-39-28(38)34-16-14-33(15-17-34)27(37)22(12-13-24(35)40-29(4,5)6)32-26(36)23-18-20(3)30-25(31-23)21-10-8-19(2)9-11-21/h8-11,18,22H,7,12-17H2,1-6H3,(H,32,36). The fourth-order valence-corrected chi connectivity index (χ4v) is 4.21. The van der Waals surface area contributed by atoms with Crippen LogP contribution in [-0.4, -0.2) is 88.1 Å². The van der Waals surface area contributed by atoms with Crippen molar-refractivity contribution in [1.82, 2.24) is 25.1 Å². The molecule has 3 amide bonds. The van der Waals surface area contributed by atoms with Gasteiger partial charge < -0.3 is 24.6 Å². The lowest BCUT2D eigenvalue weighted by Gasteiger charge is -2.36. The van der Waals surface area contributed by atoms with Gasteiger partial charge in [0, 0.05) is 43.9 Å². The molecule has 0 spiro atoms. The first-order chi connectivity index (χ1) is 18.9. The summed E-state index contributed by atoms with van der Waals surface area (Å²) in [6.07, 6.45) is -0.437. The summed E-state index contributed by atoms with van der Waals surface area (Å²) in [7, 11) is 0. The Hall–Kier alpha value is -4.02. The molecule has 216 valence electrons. The topological polar surface area (TPSA) is 131 Å². The predicted molar refractivity (Wildman–Crippen MR) is 148 cm³/mol. The van der Waals surface area contributed by atoms with Gasteiger partial charge in [-0.25, -0.2) is 14.8 Å². The number of hydrogen-bond acceptors (Lipinski definition) is 8. The number of piperazine rings is 1. The van der Waals surface area contributed by atoms with Gasteiger partial charge in [0.15, 0.2) is 5.82 Å². The van der Waals surface area contributed by atoms with Gasteiger partial charge in [0.25, 0.3) is 5.91 Å². The average molecular weight is 554 g/mol. The highest BCUT2D eigenvalue weighted by Gasteiger charge is 2.32. The van der Waals surface area contributed by atoms with Crippen LogP contribution in [0.4, 0.5) is 4.79 Å². The fourth-order valence-electron chi connectivity index (χ4n) is 4.21. The zero-order chi connectivity index (χ0) is 29.4. The summed E-state index contributed by atoms with van der Waals surface area (Å²) in [6, 6.07) is 8.21. The first kappa shape index (κ1) is 30.5. The molecule has 1 aliphatic rings. The van der Waals surface area contributed by atoms with E-state index in [1.54, 1.807) is 45.6 Å². The van der Waals surface area contributed by atoms with E-state index in [0.717, 1.165) is 11.1 Å². The molecule has 40 heavy (non-hydrogen) atoms. The van der Waals surface area contributed by atoms with Crippen LogP contribution in [0.3, 0.4) is 0 Å². The minimum Gasteiger partial charge on any atom is -0.460 e. The van der Waals surface area contributed by atoms with E-state index in [-0.39, 0.29) is 44.1 Å². The normalized spacial score (nSPS) is 14.3. The first-order valence-electron chi connectivity index (χ1n) is 13.5. The molecular weight excluding hydrogens is 514 g/mol. The van der Waals surface area contributed by atoms with Crippen molar-refractivity contribution in [3.05, 3.63) is 47.3 Å². The number of nitrogens with zero attached hydrogens (tertiary/aromatic N) is 4. The molecule has 3 rings (SSSR count). The lowest BCUT2D eigenvalue weighted by molar-refractivity contribution is -0.155. The van der Waals surface area contributed by atoms with Crippen molar-refractivity contribution < 1.29 is 28.7 Å². The van der Waals surface area contributed by atoms with Gasteiger partial charge in [0.1, 0.15) is 17.3 Å². The second-order valence-electron chi connectivity index (χ2n) is 10.7. The largest absolute Gasteiger partial charge is 0.460 e. The van der Waals surface area contributed by atoms with Crippen LogP contribution in [0.5, 0.6) is 0 Å². The maximum Gasteiger partial charge on any atom is 0.409 e. The summed E-state index contributed by atoms with van der Waals surface area (Å²) in [6.45, 7) is 12.2. The molecule has 1 aliphatic heterocycles. The van der Waals surface area contributed by atoms with E-state index in [1.807, 2.05) is 31.2 Å². The smallest absolute Gasteiger partial charge is 0.409 e. The highest BCUT2D eigenvalue weighted by Crippen LogP contribution is 2.18. The van der Waals surface area contributed by atoms with E-state index in [2.05, 4.69) is 15.3 Å². The Kier molecular flexibility index (Phi) is 10.2. The van der Waals surface area contributed by atoms with Crippen molar-refractivity contribution in [3.8, 4) is 11.4 Å². The molecule has 1 aromatic heterocycles. The van der Waals surface area contributed by atoms with Crippen molar-refractivity contribution >= 4 is 23.9 Å². The molecule has 11 nitrogen and oxygen atoms in total. The number of esters is 1. The van der Waals surface area contributed by atoms with Crippen molar-refractivity contribution in [2.45, 2.75) is 66.0 Å². The first-order valence-corrected chi connectivity index (χ1v) is 13.5. The number of ether oxygens (including phenoxy) is 2. The maximum atomic E-state index is 13.5. The summed E-state index contributed by atoms with van der Waals surface area (Å²) < 4.78 is 10.5. The summed E-state index contributed by atoms with van der Waals surface area (Å²) >= 11 is 0. The predicted octanol–water partition coefficient (Wildman–Crippen LogP) is 3.28. The summed E-state index contributed by atoms with van der Waals surface area (Å²) in [5.41, 5.74) is 1.89. The monoisotopic (exact) mass is 553 g/mol. The zero-order valence-corrected chi connectivity index (χ0v) is 24.2. The van der Waals surface area contributed by atoms with Gasteiger partial charge in [-0.15, -0.1) is 0 Å². The van der Waals surface area contributed by atoms with Crippen molar-refractivity contribution in [1.29, 1.82) is 0 Å². The van der Waals surface area contributed by atoms with Crippen LogP contribution in [0.1, 0.15) is 62.3 Å². The second-order valence-corrected chi connectivity index (χ2v) is 10.7. The van der Waals surface area contributed by atoms with E-state index in [9.17, 15) is 19.2 Å². The molecule has 1 fully saturated rings. The highest BCUT2D eigenvalue weighted by molar-refractivity contribution is 5.96. The van der Waals surface area contributed by atoms with Crippen LogP contribution in [-0.2, 0) is 19.1 Å². The van der Waals surface area contributed by atoms with Gasteiger partial charge in [-0.05, 0) is 54.0 Å². The van der Waals surface area contributed by atoms with Gasteiger partial charge in [0.05, 0.1) is 6.61 Å².